The summed E-state index contributed by atoms with van der Waals surface area (Å²) in [5.74, 6) is 0.480. The topological polar surface area (TPSA) is 66.2 Å². The monoisotopic (exact) mass is 332 g/mol. The lowest BCUT2D eigenvalue weighted by atomic mass is 10.1. The molecule has 1 aliphatic carbocycles. The van der Waals surface area contributed by atoms with Gasteiger partial charge >= 0.3 is 0 Å². The second kappa shape index (κ2) is 6.63. The SMILES string of the molecule is Cc1ccc2c(CCN=C(N)Nc3ccc4c(c3)CCC4)c[nH]c2c1. The predicted molar refractivity (Wildman–Crippen MR) is 105 cm³/mol. The molecule has 0 fully saturated rings. The number of aliphatic imine (C=N–C) groups is 1. The highest BCUT2D eigenvalue weighted by molar-refractivity contribution is 5.92. The smallest absolute Gasteiger partial charge is 0.193 e. The number of hydrogen-bond acceptors (Lipinski definition) is 1. The van der Waals surface area contributed by atoms with Gasteiger partial charge in [0.2, 0.25) is 0 Å². The lowest BCUT2D eigenvalue weighted by molar-refractivity contribution is 0.912. The van der Waals surface area contributed by atoms with Crippen LogP contribution in [0.1, 0.15) is 28.7 Å². The van der Waals surface area contributed by atoms with Gasteiger partial charge in [-0.05, 0) is 73.1 Å². The molecule has 4 nitrogen and oxygen atoms in total. The lowest BCUT2D eigenvalue weighted by Crippen LogP contribution is -2.23. The van der Waals surface area contributed by atoms with E-state index in [1.165, 1.54) is 52.4 Å². The Morgan fingerprint density at radius 3 is 2.96 bits per heavy atom. The maximum Gasteiger partial charge on any atom is 0.193 e. The maximum absolute atomic E-state index is 6.05. The van der Waals surface area contributed by atoms with Crippen LogP contribution in [0, 0.1) is 6.92 Å². The van der Waals surface area contributed by atoms with Crippen molar-refractivity contribution in [2.24, 2.45) is 10.7 Å². The molecule has 0 amide bonds. The summed E-state index contributed by atoms with van der Waals surface area (Å²) in [5, 5.41) is 4.49. The molecule has 1 heterocycles. The zero-order valence-electron chi connectivity index (χ0n) is 14.6. The van der Waals surface area contributed by atoms with Gasteiger partial charge < -0.3 is 16.0 Å². The standard InChI is InChI=1S/C21H24N4/c1-14-5-8-19-17(13-24-20(19)11-14)9-10-23-21(22)25-18-7-6-15-3-2-4-16(15)12-18/h5-8,11-13,24H,2-4,9-10H2,1H3,(H3,22,23,25). The molecule has 0 saturated carbocycles. The quantitative estimate of drug-likeness (QED) is 0.500. The number of nitrogens with one attached hydrogen (secondary N) is 2. The normalized spacial score (nSPS) is 14.0. The van der Waals surface area contributed by atoms with E-state index in [4.69, 9.17) is 5.73 Å². The third-order valence-corrected chi connectivity index (χ3v) is 4.96. The van der Waals surface area contributed by atoms with Gasteiger partial charge in [-0.3, -0.25) is 4.99 Å². The molecule has 0 bridgehead atoms. The first-order valence-corrected chi connectivity index (χ1v) is 8.94. The van der Waals surface area contributed by atoms with E-state index in [0.717, 1.165) is 12.1 Å². The fourth-order valence-corrected chi connectivity index (χ4v) is 3.64. The van der Waals surface area contributed by atoms with Crippen LogP contribution in [0.3, 0.4) is 0 Å². The number of rotatable bonds is 4. The van der Waals surface area contributed by atoms with E-state index in [2.05, 4.69) is 64.8 Å². The van der Waals surface area contributed by atoms with Crippen LogP contribution in [0.15, 0.2) is 47.6 Å². The van der Waals surface area contributed by atoms with Crippen LogP contribution in [-0.4, -0.2) is 17.5 Å². The van der Waals surface area contributed by atoms with Gasteiger partial charge in [0.1, 0.15) is 0 Å². The number of nitrogens with zero attached hydrogens (tertiary/aromatic N) is 1. The Morgan fingerprint density at radius 1 is 1.16 bits per heavy atom. The summed E-state index contributed by atoms with van der Waals surface area (Å²) >= 11 is 0. The highest BCUT2D eigenvalue weighted by Crippen LogP contribution is 2.24. The predicted octanol–water partition coefficient (Wildman–Crippen LogP) is 3.93. The molecule has 0 spiro atoms. The summed E-state index contributed by atoms with van der Waals surface area (Å²) in [6.07, 6.45) is 6.57. The zero-order valence-corrected chi connectivity index (χ0v) is 14.6. The highest BCUT2D eigenvalue weighted by Gasteiger charge is 2.10. The van der Waals surface area contributed by atoms with E-state index in [1.54, 1.807) is 0 Å². The minimum absolute atomic E-state index is 0.480. The average Bonchev–Trinajstić information content (AvgIpc) is 3.21. The molecule has 4 rings (SSSR count). The summed E-state index contributed by atoms with van der Waals surface area (Å²) in [6, 6.07) is 13.0. The number of anilines is 1. The molecule has 0 radical (unpaired) electrons. The molecule has 0 unspecified atom stereocenters. The fraction of sp³-hybridized carbons (Fsp3) is 0.286. The number of nitrogens with two attached hydrogens (primary N) is 1. The largest absolute Gasteiger partial charge is 0.370 e. The van der Waals surface area contributed by atoms with Crippen molar-refractivity contribution < 1.29 is 0 Å². The Bertz CT molecular complexity index is 936. The van der Waals surface area contributed by atoms with Crippen LogP contribution in [0.5, 0.6) is 0 Å². The minimum Gasteiger partial charge on any atom is -0.370 e. The number of guanidine groups is 1. The van der Waals surface area contributed by atoms with Crippen LogP contribution in [0.25, 0.3) is 10.9 Å². The number of hydrogen-bond donors (Lipinski definition) is 3. The highest BCUT2D eigenvalue weighted by atomic mass is 15.1. The Balaban J connectivity index is 1.39. The fourth-order valence-electron chi connectivity index (χ4n) is 3.64. The van der Waals surface area contributed by atoms with Crippen molar-refractivity contribution in [2.45, 2.75) is 32.6 Å². The number of aromatic amines is 1. The van der Waals surface area contributed by atoms with Gasteiger partial charge in [-0.2, -0.15) is 0 Å². The minimum atomic E-state index is 0.480. The van der Waals surface area contributed by atoms with Crippen LogP contribution < -0.4 is 11.1 Å². The zero-order chi connectivity index (χ0) is 17.2. The van der Waals surface area contributed by atoms with Gasteiger partial charge in [0.05, 0.1) is 0 Å². The van der Waals surface area contributed by atoms with Crippen LogP contribution in [0.2, 0.25) is 0 Å². The van der Waals surface area contributed by atoms with E-state index >= 15 is 0 Å². The molecule has 0 saturated heterocycles. The third-order valence-electron chi connectivity index (χ3n) is 4.96. The average molecular weight is 332 g/mol. The van der Waals surface area contributed by atoms with E-state index in [-0.39, 0.29) is 0 Å². The molecule has 0 atom stereocenters. The molecular formula is C21H24N4. The van der Waals surface area contributed by atoms with Gasteiger partial charge in [-0.1, -0.05) is 18.2 Å². The number of benzene rings is 2. The van der Waals surface area contributed by atoms with Gasteiger partial charge in [-0.25, -0.2) is 0 Å². The summed E-state index contributed by atoms with van der Waals surface area (Å²) in [7, 11) is 0. The van der Waals surface area contributed by atoms with Crippen molar-refractivity contribution in [2.75, 3.05) is 11.9 Å². The second-order valence-corrected chi connectivity index (χ2v) is 6.84. The van der Waals surface area contributed by atoms with Gasteiger partial charge in [-0.15, -0.1) is 0 Å². The van der Waals surface area contributed by atoms with Crippen molar-refractivity contribution in [3.05, 3.63) is 64.8 Å². The molecular weight excluding hydrogens is 308 g/mol. The molecule has 4 heteroatoms. The van der Waals surface area contributed by atoms with E-state index in [9.17, 15) is 0 Å². The van der Waals surface area contributed by atoms with Crippen molar-refractivity contribution in [3.63, 3.8) is 0 Å². The molecule has 2 aromatic carbocycles. The summed E-state index contributed by atoms with van der Waals surface area (Å²) in [6.45, 7) is 2.78. The van der Waals surface area contributed by atoms with Gasteiger partial charge in [0, 0.05) is 29.3 Å². The van der Waals surface area contributed by atoms with Crippen molar-refractivity contribution >= 4 is 22.5 Å². The van der Waals surface area contributed by atoms with Gasteiger partial charge in [0.15, 0.2) is 5.96 Å². The Hall–Kier alpha value is -2.75. The first kappa shape index (κ1) is 15.8. The number of fused-ring (bicyclic) bond motifs is 2. The molecule has 128 valence electrons. The van der Waals surface area contributed by atoms with Crippen LogP contribution in [0.4, 0.5) is 5.69 Å². The van der Waals surface area contributed by atoms with Crippen molar-refractivity contribution in [3.8, 4) is 0 Å². The van der Waals surface area contributed by atoms with Crippen LogP contribution >= 0.6 is 0 Å². The number of aryl methyl sites for hydroxylation is 3. The van der Waals surface area contributed by atoms with Gasteiger partial charge in [0.25, 0.3) is 0 Å². The lowest BCUT2D eigenvalue weighted by Gasteiger charge is -2.08. The molecule has 3 aromatic rings. The Kier molecular flexibility index (Phi) is 4.18. The van der Waals surface area contributed by atoms with E-state index in [0.29, 0.717) is 12.5 Å². The Labute approximate surface area is 148 Å². The molecule has 4 N–H and O–H groups in total. The third kappa shape index (κ3) is 3.38. The van der Waals surface area contributed by atoms with E-state index in [1.807, 2.05) is 0 Å². The molecule has 1 aliphatic rings. The Morgan fingerprint density at radius 2 is 2.04 bits per heavy atom. The summed E-state index contributed by atoms with van der Waals surface area (Å²) < 4.78 is 0. The summed E-state index contributed by atoms with van der Waals surface area (Å²) in [4.78, 5) is 7.82. The molecule has 0 aliphatic heterocycles. The van der Waals surface area contributed by atoms with Crippen molar-refractivity contribution in [1.29, 1.82) is 0 Å². The number of aromatic nitrogens is 1. The second-order valence-electron chi connectivity index (χ2n) is 6.84. The van der Waals surface area contributed by atoms with Crippen LogP contribution in [-0.2, 0) is 19.3 Å². The molecule has 25 heavy (non-hydrogen) atoms. The molecule has 1 aromatic heterocycles. The van der Waals surface area contributed by atoms with E-state index < -0.39 is 0 Å². The number of H-pyrrole nitrogens is 1. The van der Waals surface area contributed by atoms with Crippen molar-refractivity contribution in [1.82, 2.24) is 4.98 Å². The first-order chi connectivity index (χ1) is 12.2. The summed E-state index contributed by atoms with van der Waals surface area (Å²) in [5.41, 5.74) is 13.7. The maximum atomic E-state index is 6.05. The first-order valence-electron chi connectivity index (χ1n) is 8.94.